The Morgan fingerprint density at radius 3 is 2.20 bits per heavy atom. The van der Waals surface area contributed by atoms with Crippen LogP contribution in [0.3, 0.4) is 0 Å². The Bertz CT molecular complexity index is 635. The maximum Gasteiger partial charge on any atom is 2.00 e. The Kier molecular flexibility index (Phi) is 12.0. The van der Waals surface area contributed by atoms with E-state index in [4.69, 9.17) is 23.3 Å². The largest absolute Gasteiger partial charge is 2.00 e. The van der Waals surface area contributed by atoms with Crippen molar-refractivity contribution >= 4 is 65.1 Å². The first-order valence-corrected chi connectivity index (χ1v) is 5.36. The number of nitrogens with one attached hydrogen (secondary N) is 1. The van der Waals surface area contributed by atoms with Crippen molar-refractivity contribution in [1.82, 2.24) is 15.0 Å². The van der Waals surface area contributed by atoms with E-state index in [-0.39, 0.29) is 48.7 Å². The summed E-state index contributed by atoms with van der Waals surface area (Å²) < 4.78 is 34.1. The molecule has 20 heavy (non-hydrogen) atoms. The van der Waals surface area contributed by atoms with Gasteiger partial charge in [0.15, 0.2) is 0 Å². The minimum Gasteiger partial charge on any atom is -0.759 e. The minimum absolute atomic E-state index is 0. The number of pyridine rings is 1. The average Bonchev–Trinajstić information content (AvgIpc) is 2.61. The van der Waals surface area contributed by atoms with Gasteiger partial charge in [0, 0.05) is 16.6 Å². The molecule has 0 saturated heterocycles. The van der Waals surface area contributed by atoms with Crippen molar-refractivity contribution < 1.29 is 33.3 Å². The van der Waals surface area contributed by atoms with Crippen molar-refractivity contribution in [3.05, 3.63) is 24.3 Å². The van der Waals surface area contributed by atoms with Crippen LogP contribution in [0.15, 0.2) is 18.7 Å². The number of rotatable bonds is 1. The molecule has 0 unspecified atom stereocenters. The van der Waals surface area contributed by atoms with Gasteiger partial charge >= 0.3 is 37.7 Å². The Morgan fingerprint density at radius 1 is 1.25 bits per heavy atom. The molecule has 0 aliphatic heterocycles. The van der Waals surface area contributed by atoms with Crippen LogP contribution < -0.4 is 5.73 Å². The third kappa shape index (κ3) is 8.34. The minimum atomic E-state index is -5.17. The molecule has 0 bridgehead atoms. The standard InChI is InChI=1S/C7H6N4O.Ca.H2O4S.2H2O/c8-7(12)4-1-9-2-5-6(4)11-3-10-5;;1-5(2,3)4;;/h1-3H,(H2,8,12)(H,10,11);;(H2,1,2,3,4);2*1H2/q;+2;;;/p-2. The molecule has 0 aromatic carbocycles. The molecule has 0 aliphatic rings. The molecule has 1 amide bonds. The van der Waals surface area contributed by atoms with E-state index in [1.807, 2.05) is 0 Å². The number of amides is 1. The summed E-state index contributed by atoms with van der Waals surface area (Å²) in [4.78, 5) is 21.5. The van der Waals surface area contributed by atoms with Crippen LogP contribution in [0.4, 0.5) is 0 Å². The van der Waals surface area contributed by atoms with E-state index >= 15 is 0 Å². The maximum absolute atomic E-state index is 10.8. The molecule has 0 radical (unpaired) electrons. The number of hydrogen-bond donors (Lipinski definition) is 2. The Balaban J connectivity index is -0.000000322. The van der Waals surface area contributed by atoms with Gasteiger partial charge in [0.2, 0.25) is 0 Å². The fourth-order valence-corrected chi connectivity index (χ4v) is 1.05. The number of nitrogens with zero attached hydrogens (tertiary/aromatic N) is 2. The topological polar surface area (TPSA) is 228 Å². The molecule has 13 heteroatoms. The first kappa shape index (κ1) is 24.2. The summed E-state index contributed by atoms with van der Waals surface area (Å²) in [5.41, 5.74) is 6.73. The molecule has 0 saturated carbocycles. The summed E-state index contributed by atoms with van der Waals surface area (Å²) in [5, 5.41) is 0. The van der Waals surface area contributed by atoms with E-state index in [1.54, 1.807) is 6.20 Å². The molecular weight excluding hydrogens is 324 g/mol. The number of aromatic amines is 1. The van der Waals surface area contributed by atoms with E-state index in [0.717, 1.165) is 0 Å². The number of hydrogen-bond acceptors (Lipinski definition) is 7. The Labute approximate surface area is 142 Å². The van der Waals surface area contributed by atoms with Crippen LogP contribution in [-0.4, -0.2) is 87.1 Å². The van der Waals surface area contributed by atoms with Crippen LogP contribution in [0.5, 0.6) is 0 Å². The number of imidazole rings is 1. The number of carbonyl (C=O) groups excluding carboxylic acids is 1. The SMILES string of the molecule is NC(=O)c1cncc2[nH]cnc12.O.O.O=S(=O)([O-])[O-].[Ca+2]. The Morgan fingerprint density at radius 2 is 1.75 bits per heavy atom. The van der Waals surface area contributed by atoms with Gasteiger partial charge in [-0.3, -0.25) is 18.2 Å². The van der Waals surface area contributed by atoms with Crippen LogP contribution in [0.2, 0.25) is 0 Å². The zero-order valence-electron chi connectivity index (χ0n) is 9.86. The molecule has 0 aliphatic carbocycles. The van der Waals surface area contributed by atoms with Crippen molar-refractivity contribution in [3.63, 3.8) is 0 Å². The number of carbonyl (C=O) groups is 1. The molecule has 0 spiro atoms. The van der Waals surface area contributed by atoms with Crippen LogP contribution in [0.1, 0.15) is 10.4 Å². The quantitative estimate of drug-likeness (QED) is 0.306. The van der Waals surface area contributed by atoms with Gasteiger partial charge in [0.25, 0.3) is 5.91 Å². The van der Waals surface area contributed by atoms with Gasteiger partial charge in [0.05, 0.1) is 23.6 Å². The second kappa shape index (κ2) is 9.95. The first-order valence-electron chi connectivity index (χ1n) is 4.02. The summed E-state index contributed by atoms with van der Waals surface area (Å²) in [5.74, 6) is -0.514. The maximum atomic E-state index is 10.8. The molecule has 0 atom stereocenters. The Hall–Kier alpha value is -0.860. The molecular formula is C7H10CaN4O7S. The van der Waals surface area contributed by atoms with Crippen molar-refractivity contribution in [2.75, 3.05) is 0 Å². The zero-order chi connectivity index (χ0) is 13.1. The summed E-state index contributed by atoms with van der Waals surface area (Å²) in [6, 6.07) is 0. The van der Waals surface area contributed by atoms with Gasteiger partial charge in [0.1, 0.15) is 5.52 Å². The number of nitrogens with two attached hydrogens (primary N) is 1. The fraction of sp³-hybridized carbons (Fsp3) is 0. The summed E-state index contributed by atoms with van der Waals surface area (Å²) in [6.07, 6.45) is 4.50. The second-order valence-electron chi connectivity index (χ2n) is 2.76. The first-order chi connectivity index (χ1) is 7.79. The van der Waals surface area contributed by atoms with Crippen molar-refractivity contribution in [1.29, 1.82) is 0 Å². The molecule has 11 nitrogen and oxygen atoms in total. The van der Waals surface area contributed by atoms with Gasteiger partial charge in [-0.15, -0.1) is 0 Å². The molecule has 108 valence electrons. The number of aromatic nitrogens is 3. The number of fused-ring (bicyclic) bond motifs is 1. The second-order valence-corrected chi connectivity index (χ2v) is 3.57. The normalized spacial score (nSPS) is 9.10. The van der Waals surface area contributed by atoms with Gasteiger partial charge in [-0.05, 0) is 0 Å². The zero-order valence-corrected chi connectivity index (χ0v) is 12.9. The van der Waals surface area contributed by atoms with E-state index in [1.165, 1.54) is 12.5 Å². The molecule has 2 heterocycles. The van der Waals surface area contributed by atoms with Crippen LogP contribution in [-0.2, 0) is 10.4 Å². The predicted molar refractivity (Wildman–Crippen MR) is 65.9 cm³/mol. The smallest absolute Gasteiger partial charge is 0.759 e. The van der Waals surface area contributed by atoms with Gasteiger partial charge in [-0.1, -0.05) is 0 Å². The van der Waals surface area contributed by atoms with Crippen molar-refractivity contribution in [2.45, 2.75) is 0 Å². The molecule has 2 aromatic heterocycles. The third-order valence-corrected chi connectivity index (χ3v) is 1.60. The number of primary amides is 1. The summed E-state index contributed by atoms with van der Waals surface area (Å²) >= 11 is 0. The molecule has 0 fully saturated rings. The van der Waals surface area contributed by atoms with E-state index in [2.05, 4.69) is 15.0 Å². The predicted octanol–water partition coefficient (Wildman–Crippen LogP) is -3.31. The molecule has 7 N–H and O–H groups in total. The number of H-pyrrole nitrogens is 1. The van der Waals surface area contributed by atoms with Gasteiger partial charge < -0.3 is 30.8 Å². The van der Waals surface area contributed by atoms with Gasteiger partial charge in [-0.2, -0.15) is 0 Å². The molecule has 2 rings (SSSR count). The van der Waals surface area contributed by atoms with Gasteiger partial charge in [-0.25, -0.2) is 4.98 Å². The van der Waals surface area contributed by atoms with E-state index in [0.29, 0.717) is 16.6 Å². The monoisotopic (exact) mass is 334 g/mol. The molecule has 2 aromatic rings. The average molecular weight is 334 g/mol. The van der Waals surface area contributed by atoms with Crippen LogP contribution in [0, 0.1) is 0 Å². The van der Waals surface area contributed by atoms with Crippen LogP contribution >= 0.6 is 0 Å². The van der Waals surface area contributed by atoms with Crippen LogP contribution in [0.25, 0.3) is 11.0 Å². The van der Waals surface area contributed by atoms with E-state index < -0.39 is 16.3 Å². The summed E-state index contributed by atoms with van der Waals surface area (Å²) in [7, 11) is -5.17. The third-order valence-electron chi connectivity index (χ3n) is 1.60. The van der Waals surface area contributed by atoms with Crippen molar-refractivity contribution in [3.8, 4) is 0 Å². The van der Waals surface area contributed by atoms with Crippen molar-refractivity contribution in [2.24, 2.45) is 5.73 Å². The fourth-order valence-electron chi connectivity index (χ4n) is 1.05. The summed E-state index contributed by atoms with van der Waals surface area (Å²) in [6.45, 7) is 0. The van der Waals surface area contributed by atoms with E-state index in [9.17, 15) is 4.79 Å².